The molecule has 28 heavy (non-hydrogen) atoms. The number of benzene rings is 1. The van der Waals surface area contributed by atoms with Crippen molar-refractivity contribution in [2.75, 3.05) is 11.1 Å². The van der Waals surface area contributed by atoms with Crippen molar-refractivity contribution in [2.45, 2.75) is 5.16 Å². The van der Waals surface area contributed by atoms with Crippen LogP contribution in [0.4, 0.5) is 5.69 Å². The van der Waals surface area contributed by atoms with Crippen LogP contribution in [0.2, 0.25) is 0 Å². The van der Waals surface area contributed by atoms with Crippen LogP contribution in [-0.2, 0) is 4.79 Å². The first kappa shape index (κ1) is 18.9. The number of aromatic nitrogens is 2. The molecule has 0 radical (unpaired) electrons. The smallest absolute Gasteiger partial charge is 0.335 e. The van der Waals surface area contributed by atoms with Crippen molar-refractivity contribution in [3.05, 3.63) is 64.1 Å². The number of nitriles is 1. The Bertz CT molecular complexity index is 1110. The molecular formula is C18H12N4O5S. The van der Waals surface area contributed by atoms with Crippen molar-refractivity contribution in [2.24, 2.45) is 0 Å². The third kappa shape index (κ3) is 4.28. The molecule has 0 saturated carbocycles. The van der Waals surface area contributed by atoms with Gasteiger partial charge in [-0.25, -0.2) is 9.78 Å². The van der Waals surface area contributed by atoms with E-state index in [1.54, 1.807) is 18.2 Å². The number of rotatable bonds is 6. The highest BCUT2D eigenvalue weighted by Crippen LogP contribution is 2.22. The van der Waals surface area contributed by atoms with Crippen LogP contribution >= 0.6 is 11.8 Å². The second-order valence-corrected chi connectivity index (χ2v) is 6.37. The zero-order valence-corrected chi connectivity index (χ0v) is 14.9. The van der Waals surface area contributed by atoms with Crippen LogP contribution in [0, 0.1) is 11.3 Å². The largest absolute Gasteiger partial charge is 0.478 e. The summed E-state index contributed by atoms with van der Waals surface area (Å²) in [5, 5.41) is 20.8. The van der Waals surface area contributed by atoms with E-state index >= 15 is 0 Å². The molecule has 0 spiro atoms. The Morgan fingerprint density at radius 3 is 2.64 bits per heavy atom. The van der Waals surface area contributed by atoms with Crippen molar-refractivity contribution in [3.63, 3.8) is 0 Å². The fourth-order valence-electron chi connectivity index (χ4n) is 2.24. The van der Waals surface area contributed by atoms with E-state index < -0.39 is 11.5 Å². The summed E-state index contributed by atoms with van der Waals surface area (Å²) in [6.45, 7) is 0. The summed E-state index contributed by atoms with van der Waals surface area (Å²) >= 11 is 0.977. The first-order chi connectivity index (χ1) is 13.5. The molecule has 0 aliphatic heterocycles. The molecule has 0 atom stereocenters. The van der Waals surface area contributed by atoms with E-state index in [1.807, 2.05) is 0 Å². The van der Waals surface area contributed by atoms with Crippen LogP contribution in [0.15, 0.2) is 57.0 Å². The SMILES string of the molecule is N#Cc1c(-c2ccco2)nc(SCC(=O)Nc2ccc(C(=O)O)cc2)[nH]c1=O. The third-order valence-corrected chi connectivity index (χ3v) is 4.39. The van der Waals surface area contributed by atoms with E-state index in [1.165, 1.54) is 30.5 Å². The lowest BCUT2D eigenvalue weighted by Crippen LogP contribution is -2.17. The molecule has 1 aromatic carbocycles. The number of amides is 1. The highest BCUT2D eigenvalue weighted by Gasteiger charge is 2.16. The molecule has 2 heterocycles. The van der Waals surface area contributed by atoms with E-state index in [-0.39, 0.29) is 39.4 Å². The highest BCUT2D eigenvalue weighted by molar-refractivity contribution is 7.99. The van der Waals surface area contributed by atoms with Crippen molar-refractivity contribution in [1.82, 2.24) is 9.97 Å². The maximum Gasteiger partial charge on any atom is 0.335 e. The molecule has 3 aromatic rings. The number of aromatic carboxylic acids is 1. The Hall–Kier alpha value is -3.84. The zero-order valence-electron chi connectivity index (χ0n) is 14.1. The zero-order chi connectivity index (χ0) is 20.1. The number of hydrogen-bond donors (Lipinski definition) is 3. The van der Waals surface area contributed by atoms with E-state index in [4.69, 9.17) is 14.8 Å². The number of furan rings is 1. The summed E-state index contributed by atoms with van der Waals surface area (Å²) in [5.41, 5.74) is -0.160. The van der Waals surface area contributed by atoms with Gasteiger partial charge < -0.3 is 19.8 Å². The van der Waals surface area contributed by atoms with Gasteiger partial charge in [-0.2, -0.15) is 5.26 Å². The molecule has 0 bridgehead atoms. The van der Waals surface area contributed by atoms with Crippen LogP contribution < -0.4 is 10.9 Å². The normalized spacial score (nSPS) is 10.2. The number of H-pyrrole nitrogens is 1. The van der Waals surface area contributed by atoms with Gasteiger partial charge in [0.05, 0.1) is 17.6 Å². The fourth-order valence-corrected chi connectivity index (χ4v) is 2.90. The molecule has 9 nitrogen and oxygen atoms in total. The lowest BCUT2D eigenvalue weighted by atomic mass is 10.2. The number of aromatic amines is 1. The Morgan fingerprint density at radius 1 is 1.29 bits per heavy atom. The number of anilines is 1. The van der Waals surface area contributed by atoms with Gasteiger partial charge in [-0.05, 0) is 36.4 Å². The summed E-state index contributed by atoms with van der Waals surface area (Å²) < 4.78 is 5.21. The Labute approximate surface area is 162 Å². The summed E-state index contributed by atoms with van der Waals surface area (Å²) in [4.78, 5) is 41.7. The molecule has 3 rings (SSSR count). The molecule has 0 fully saturated rings. The number of hydrogen-bond acceptors (Lipinski definition) is 7. The maximum absolute atomic E-state index is 12.1. The number of nitrogens with one attached hydrogen (secondary N) is 2. The average Bonchev–Trinajstić information content (AvgIpc) is 3.21. The molecule has 0 aliphatic carbocycles. The number of thioether (sulfide) groups is 1. The van der Waals surface area contributed by atoms with E-state index in [9.17, 15) is 14.4 Å². The summed E-state index contributed by atoms with van der Waals surface area (Å²) in [6.07, 6.45) is 1.40. The van der Waals surface area contributed by atoms with Gasteiger partial charge in [0.15, 0.2) is 10.9 Å². The van der Waals surface area contributed by atoms with E-state index in [2.05, 4.69) is 15.3 Å². The molecule has 0 saturated heterocycles. The van der Waals surface area contributed by atoms with Gasteiger partial charge in [-0.3, -0.25) is 9.59 Å². The summed E-state index contributed by atoms with van der Waals surface area (Å²) in [7, 11) is 0. The minimum absolute atomic E-state index is 0.0624. The number of carbonyl (C=O) groups is 2. The van der Waals surface area contributed by atoms with Gasteiger partial charge in [-0.15, -0.1) is 0 Å². The van der Waals surface area contributed by atoms with Crippen molar-refractivity contribution in [1.29, 1.82) is 5.26 Å². The van der Waals surface area contributed by atoms with E-state index in [0.717, 1.165) is 11.8 Å². The van der Waals surface area contributed by atoms with Crippen LogP contribution in [0.25, 0.3) is 11.5 Å². The predicted molar refractivity (Wildman–Crippen MR) is 100 cm³/mol. The molecule has 140 valence electrons. The van der Waals surface area contributed by atoms with Crippen molar-refractivity contribution < 1.29 is 19.1 Å². The molecular weight excluding hydrogens is 384 g/mol. The second kappa shape index (κ2) is 8.24. The first-order valence-electron chi connectivity index (χ1n) is 7.82. The van der Waals surface area contributed by atoms with Gasteiger partial charge in [-0.1, -0.05) is 11.8 Å². The van der Waals surface area contributed by atoms with Crippen LogP contribution in [0.1, 0.15) is 15.9 Å². The third-order valence-electron chi connectivity index (χ3n) is 3.52. The standard InChI is InChI=1S/C18H12N4O5S/c19-8-12-15(13-2-1-7-27-13)21-18(22-16(12)24)28-9-14(23)20-11-5-3-10(4-6-11)17(25)26/h1-7H,9H2,(H,20,23)(H,25,26)(H,21,22,24). The van der Waals surface area contributed by atoms with Gasteiger partial charge in [0.2, 0.25) is 5.91 Å². The van der Waals surface area contributed by atoms with Crippen LogP contribution in [0.5, 0.6) is 0 Å². The summed E-state index contributed by atoms with van der Waals surface area (Å²) in [5.74, 6) is -1.23. The molecule has 0 unspecified atom stereocenters. The minimum Gasteiger partial charge on any atom is -0.478 e. The monoisotopic (exact) mass is 396 g/mol. The maximum atomic E-state index is 12.1. The Kier molecular flexibility index (Phi) is 5.57. The fraction of sp³-hybridized carbons (Fsp3) is 0.0556. The molecule has 3 N–H and O–H groups in total. The Balaban J connectivity index is 1.70. The van der Waals surface area contributed by atoms with Gasteiger partial charge in [0.1, 0.15) is 17.3 Å². The minimum atomic E-state index is -1.06. The first-order valence-corrected chi connectivity index (χ1v) is 8.81. The number of nitrogens with zero attached hydrogens (tertiary/aromatic N) is 2. The summed E-state index contributed by atoms with van der Waals surface area (Å²) in [6, 6.07) is 10.7. The van der Waals surface area contributed by atoms with Gasteiger partial charge in [0, 0.05) is 5.69 Å². The van der Waals surface area contributed by atoms with Crippen LogP contribution in [-0.4, -0.2) is 32.7 Å². The number of carboxylic acid groups (broad SMARTS) is 1. The molecule has 2 aromatic heterocycles. The number of carboxylic acids is 1. The van der Waals surface area contributed by atoms with Gasteiger partial charge >= 0.3 is 5.97 Å². The second-order valence-electron chi connectivity index (χ2n) is 5.40. The average molecular weight is 396 g/mol. The molecule has 0 aliphatic rings. The number of carbonyl (C=O) groups excluding carboxylic acids is 1. The van der Waals surface area contributed by atoms with Gasteiger partial charge in [0.25, 0.3) is 5.56 Å². The van der Waals surface area contributed by atoms with Crippen molar-refractivity contribution >= 4 is 29.3 Å². The van der Waals surface area contributed by atoms with E-state index in [0.29, 0.717) is 5.69 Å². The van der Waals surface area contributed by atoms with Crippen LogP contribution in [0.3, 0.4) is 0 Å². The highest BCUT2D eigenvalue weighted by atomic mass is 32.2. The topological polar surface area (TPSA) is 149 Å². The Morgan fingerprint density at radius 2 is 2.04 bits per heavy atom. The molecule has 10 heteroatoms. The lowest BCUT2D eigenvalue weighted by Gasteiger charge is -2.06. The predicted octanol–water partition coefficient (Wildman–Crippen LogP) is 2.33. The molecule has 1 amide bonds. The quantitative estimate of drug-likeness (QED) is 0.424. The lowest BCUT2D eigenvalue weighted by molar-refractivity contribution is -0.113. The van der Waals surface area contributed by atoms with Crippen molar-refractivity contribution in [3.8, 4) is 17.5 Å².